The van der Waals surface area contributed by atoms with E-state index in [1.807, 2.05) is 0 Å². The minimum atomic E-state index is -4.76. The number of ether oxygens (including phenoxy) is 2. The minimum Gasteiger partial charge on any atom is -0.480 e. The first-order valence-electron chi connectivity index (χ1n) is 18.6. The summed E-state index contributed by atoms with van der Waals surface area (Å²) in [5, 5.41) is 27.1. The number of carbonyl (C=O) groups excluding carboxylic acids is 2. The van der Waals surface area contributed by atoms with Crippen molar-refractivity contribution in [1.82, 2.24) is 0 Å². The number of aliphatic hydroxyl groups is 1. The van der Waals surface area contributed by atoms with Crippen LogP contribution in [0.15, 0.2) is 24.3 Å². The van der Waals surface area contributed by atoms with Gasteiger partial charge in [-0.3, -0.25) is 23.4 Å². The van der Waals surface area contributed by atoms with Crippen molar-refractivity contribution >= 4 is 31.7 Å². The molecule has 6 N–H and O–H groups in total. The highest BCUT2D eigenvalue weighted by Crippen LogP contribution is 2.43. The molecule has 0 amide bonds. The fourth-order valence-corrected chi connectivity index (χ4v) is 5.64. The molecule has 0 aliphatic heterocycles. The minimum absolute atomic E-state index is 0.0318. The molecule has 0 rings (SSSR count). The zero-order valence-electron chi connectivity index (χ0n) is 30.5. The largest absolute Gasteiger partial charge is 0.480 e. The Morgan fingerprint density at radius 3 is 1.78 bits per heavy atom. The van der Waals surface area contributed by atoms with E-state index in [0.717, 1.165) is 57.4 Å². The van der Waals surface area contributed by atoms with E-state index in [4.69, 9.17) is 29.9 Å². The molecule has 0 radical (unpaired) electrons. The van der Waals surface area contributed by atoms with Crippen molar-refractivity contribution in [3.05, 3.63) is 24.3 Å². The average Bonchev–Trinajstić information content (AvgIpc) is 3.08. The summed E-state index contributed by atoms with van der Waals surface area (Å²) in [6.45, 7) is 0.364. The maximum absolute atomic E-state index is 12.5. The molecular formula is C36H64NO13P. The van der Waals surface area contributed by atoms with Gasteiger partial charge in [0.2, 0.25) is 0 Å². The number of hydrogen-bond donors (Lipinski definition) is 5. The Hall–Kier alpha value is -2.61. The second-order valence-corrected chi connectivity index (χ2v) is 14.2. The SMILES string of the molecule is CCCCCCCC/C=C\CCCCCCCC(=O)OC[C@H](COP(=O)(O)OC[C@H](N)C(=O)O)OC(=O)CCCCCCCC(O)/C=C/C(=O)O. The summed E-state index contributed by atoms with van der Waals surface area (Å²) in [6.07, 6.45) is 23.3. The second-order valence-electron chi connectivity index (χ2n) is 12.7. The van der Waals surface area contributed by atoms with Crippen LogP contribution in [0.3, 0.4) is 0 Å². The summed E-state index contributed by atoms with van der Waals surface area (Å²) < 4.78 is 32.3. The number of nitrogens with two attached hydrogens (primary N) is 1. The van der Waals surface area contributed by atoms with Crippen LogP contribution >= 0.6 is 7.82 Å². The van der Waals surface area contributed by atoms with E-state index in [2.05, 4.69) is 23.6 Å². The Morgan fingerprint density at radius 1 is 0.706 bits per heavy atom. The number of carboxylic acids is 2. The Bertz CT molecular complexity index is 1050. The van der Waals surface area contributed by atoms with Gasteiger partial charge in [0, 0.05) is 18.9 Å². The lowest BCUT2D eigenvalue weighted by Gasteiger charge is -2.20. The van der Waals surface area contributed by atoms with E-state index in [1.54, 1.807) is 0 Å². The van der Waals surface area contributed by atoms with Crippen molar-refractivity contribution < 1.29 is 62.5 Å². The van der Waals surface area contributed by atoms with Crippen LogP contribution in [0, 0.1) is 0 Å². The lowest BCUT2D eigenvalue weighted by molar-refractivity contribution is -0.161. The third-order valence-corrected chi connectivity index (χ3v) is 8.82. The predicted molar refractivity (Wildman–Crippen MR) is 193 cm³/mol. The lowest BCUT2D eigenvalue weighted by Crippen LogP contribution is -2.34. The van der Waals surface area contributed by atoms with Gasteiger partial charge in [0.15, 0.2) is 6.10 Å². The molecule has 0 aromatic carbocycles. The number of rotatable bonds is 35. The van der Waals surface area contributed by atoms with Crippen molar-refractivity contribution in [2.45, 2.75) is 160 Å². The first-order chi connectivity index (χ1) is 24.4. The number of carbonyl (C=O) groups is 4. The summed E-state index contributed by atoms with van der Waals surface area (Å²) in [6, 6.07) is -1.56. The molecule has 0 heterocycles. The van der Waals surface area contributed by atoms with Gasteiger partial charge in [-0.05, 0) is 51.0 Å². The summed E-state index contributed by atoms with van der Waals surface area (Å²) >= 11 is 0. The van der Waals surface area contributed by atoms with E-state index in [-0.39, 0.29) is 12.8 Å². The molecule has 51 heavy (non-hydrogen) atoms. The van der Waals surface area contributed by atoms with Gasteiger partial charge in [0.25, 0.3) is 0 Å². The number of phosphoric acid groups is 1. The molecule has 15 heteroatoms. The van der Waals surface area contributed by atoms with Crippen LogP contribution < -0.4 is 5.73 Å². The molecule has 0 aromatic rings. The van der Waals surface area contributed by atoms with E-state index < -0.39 is 69.8 Å². The zero-order valence-corrected chi connectivity index (χ0v) is 31.4. The third kappa shape index (κ3) is 33.0. The van der Waals surface area contributed by atoms with Gasteiger partial charge >= 0.3 is 31.7 Å². The van der Waals surface area contributed by atoms with Crippen LogP contribution in [-0.4, -0.2) is 82.2 Å². The fraction of sp³-hybridized carbons (Fsp3) is 0.778. The molecule has 0 aromatic heterocycles. The number of carboxylic acid groups (broad SMARTS) is 2. The molecule has 4 atom stereocenters. The number of phosphoric ester groups is 1. The van der Waals surface area contributed by atoms with E-state index in [0.29, 0.717) is 32.1 Å². The normalized spacial score (nSPS) is 14.7. The van der Waals surface area contributed by atoms with Gasteiger partial charge in [0.05, 0.1) is 19.3 Å². The van der Waals surface area contributed by atoms with Crippen LogP contribution in [0.4, 0.5) is 0 Å². The van der Waals surface area contributed by atoms with Crippen LogP contribution in [0.25, 0.3) is 0 Å². The van der Waals surface area contributed by atoms with E-state index in [1.165, 1.54) is 44.6 Å². The van der Waals surface area contributed by atoms with E-state index >= 15 is 0 Å². The summed E-state index contributed by atoms with van der Waals surface area (Å²) in [7, 11) is -4.76. The van der Waals surface area contributed by atoms with Gasteiger partial charge in [-0.25, -0.2) is 9.36 Å². The first-order valence-corrected chi connectivity index (χ1v) is 20.0. The van der Waals surface area contributed by atoms with Gasteiger partial charge in [-0.1, -0.05) is 96.1 Å². The second kappa shape index (κ2) is 32.1. The van der Waals surface area contributed by atoms with Crippen molar-refractivity contribution in [3.8, 4) is 0 Å². The van der Waals surface area contributed by atoms with E-state index in [9.17, 15) is 33.7 Å². The molecule has 0 bridgehead atoms. The van der Waals surface area contributed by atoms with Gasteiger partial charge in [-0.2, -0.15) is 0 Å². The topological polar surface area (TPSA) is 229 Å². The highest BCUT2D eigenvalue weighted by atomic mass is 31.2. The standard InChI is InChI=1S/C36H64NO13P/c1-2-3-4-5-6-7-8-9-10-11-12-13-14-17-20-23-34(41)47-27-31(28-48-51(45,46)49-29-32(37)36(43)44)50-35(42)24-21-18-15-16-19-22-30(38)25-26-33(39)40/h9-10,25-26,30-32,38H,2-8,11-24,27-29,37H2,1H3,(H,39,40)(H,43,44)(H,45,46)/b10-9-,26-25+/t30?,31-,32+/m1/s1. The fourth-order valence-electron chi connectivity index (χ4n) is 4.86. The van der Waals surface area contributed by atoms with Gasteiger partial charge in [0.1, 0.15) is 12.6 Å². The predicted octanol–water partition coefficient (Wildman–Crippen LogP) is 6.76. The van der Waals surface area contributed by atoms with Crippen molar-refractivity contribution in [3.63, 3.8) is 0 Å². The Labute approximate surface area is 303 Å². The molecule has 0 saturated carbocycles. The molecule has 0 saturated heterocycles. The Morgan fingerprint density at radius 2 is 1.22 bits per heavy atom. The molecule has 2 unspecified atom stereocenters. The van der Waals surface area contributed by atoms with Gasteiger partial charge < -0.3 is 35.4 Å². The third-order valence-electron chi connectivity index (χ3n) is 7.87. The average molecular weight is 750 g/mol. The van der Waals surface area contributed by atoms with Crippen molar-refractivity contribution in [1.29, 1.82) is 0 Å². The number of aliphatic hydroxyl groups excluding tert-OH is 1. The van der Waals surface area contributed by atoms with Crippen LogP contribution in [0.2, 0.25) is 0 Å². The highest BCUT2D eigenvalue weighted by Gasteiger charge is 2.28. The lowest BCUT2D eigenvalue weighted by atomic mass is 10.1. The van der Waals surface area contributed by atoms with Gasteiger partial charge in [-0.15, -0.1) is 0 Å². The van der Waals surface area contributed by atoms with Crippen LogP contribution in [0.1, 0.15) is 142 Å². The zero-order chi connectivity index (χ0) is 38.2. The molecule has 296 valence electrons. The quantitative estimate of drug-likeness (QED) is 0.0148. The summed E-state index contributed by atoms with van der Waals surface area (Å²) in [4.78, 5) is 56.1. The summed E-state index contributed by atoms with van der Waals surface area (Å²) in [5.74, 6) is -3.70. The van der Waals surface area contributed by atoms with Crippen molar-refractivity contribution in [2.24, 2.45) is 5.73 Å². The molecule has 0 aliphatic rings. The number of aliphatic carboxylic acids is 2. The smallest absolute Gasteiger partial charge is 0.472 e. The molecular weight excluding hydrogens is 685 g/mol. The molecule has 14 nitrogen and oxygen atoms in total. The molecule has 0 fully saturated rings. The first kappa shape index (κ1) is 48.4. The summed E-state index contributed by atoms with van der Waals surface area (Å²) in [5.41, 5.74) is 5.29. The molecule has 0 spiro atoms. The number of allylic oxidation sites excluding steroid dienone is 2. The maximum atomic E-state index is 12.5. The maximum Gasteiger partial charge on any atom is 0.472 e. The highest BCUT2D eigenvalue weighted by molar-refractivity contribution is 7.47. The van der Waals surface area contributed by atoms with Crippen LogP contribution in [-0.2, 0) is 42.3 Å². The molecule has 0 aliphatic carbocycles. The number of hydrogen-bond acceptors (Lipinski definition) is 11. The van der Waals surface area contributed by atoms with Crippen molar-refractivity contribution in [2.75, 3.05) is 19.8 Å². The Balaban J connectivity index is 4.49. The van der Waals surface area contributed by atoms with Crippen LogP contribution in [0.5, 0.6) is 0 Å². The number of esters is 2. The Kier molecular flexibility index (Phi) is 30.4. The number of unbranched alkanes of at least 4 members (excludes halogenated alkanes) is 15. The monoisotopic (exact) mass is 749 g/mol.